The monoisotopic (exact) mass is 257 g/mol. The Hall–Kier alpha value is -0.120. The number of hydrogen-bond acceptors (Lipinski definition) is 3. The molecule has 1 rings (SSSR count). The summed E-state index contributed by atoms with van der Waals surface area (Å²) in [5.41, 5.74) is 0. The first-order valence-corrected chi connectivity index (χ1v) is 7.77. The third kappa shape index (κ3) is 6.72. The lowest BCUT2D eigenvalue weighted by Crippen LogP contribution is -2.37. The van der Waals surface area contributed by atoms with Crippen molar-refractivity contribution in [2.24, 2.45) is 0 Å². The standard InChI is InChI=1S/C15H31NO2/c1-14(18)13-15-9-5-4-7-11-16(15)10-6-2-3-8-12-17/h14-15,17-18H,2-13H2,1H3. The average Bonchev–Trinajstić information content (AvgIpc) is 2.54. The van der Waals surface area contributed by atoms with Crippen LogP contribution < -0.4 is 0 Å². The highest BCUT2D eigenvalue weighted by molar-refractivity contribution is 4.77. The second kappa shape index (κ2) is 9.76. The van der Waals surface area contributed by atoms with E-state index in [4.69, 9.17) is 5.11 Å². The Morgan fingerprint density at radius 3 is 2.61 bits per heavy atom. The molecule has 0 bridgehead atoms. The summed E-state index contributed by atoms with van der Waals surface area (Å²) in [6.07, 6.45) is 10.5. The summed E-state index contributed by atoms with van der Waals surface area (Å²) in [7, 11) is 0. The highest BCUT2D eigenvalue weighted by atomic mass is 16.3. The van der Waals surface area contributed by atoms with Crippen LogP contribution in [0.3, 0.4) is 0 Å². The Bertz CT molecular complexity index is 197. The molecule has 2 atom stereocenters. The predicted octanol–water partition coefficient (Wildman–Crippen LogP) is 2.55. The smallest absolute Gasteiger partial charge is 0.0527 e. The molecule has 0 aromatic heterocycles. The van der Waals surface area contributed by atoms with Crippen molar-refractivity contribution < 1.29 is 10.2 Å². The first kappa shape index (κ1) is 15.9. The van der Waals surface area contributed by atoms with Gasteiger partial charge in [0.05, 0.1) is 6.10 Å². The molecule has 1 saturated heterocycles. The third-order valence-corrected chi connectivity index (χ3v) is 3.97. The molecule has 0 radical (unpaired) electrons. The van der Waals surface area contributed by atoms with Gasteiger partial charge in [-0.15, -0.1) is 0 Å². The van der Waals surface area contributed by atoms with Crippen LogP contribution in [0.1, 0.15) is 64.7 Å². The number of aliphatic hydroxyl groups is 2. The van der Waals surface area contributed by atoms with Crippen LogP contribution in [0.25, 0.3) is 0 Å². The molecule has 1 heterocycles. The van der Waals surface area contributed by atoms with E-state index < -0.39 is 0 Å². The van der Waals surface area contributed by atoms with Gasteiger partial charge in [-0.3, -0.25) is 0 Å². The fourth-order valence-corrected chi connectivity index (χ4v) is 2.97. The molecule has 0 spiro atoms. The molecule has 2 unspecified atom stereocenters. The number of aliphatic hydroxyl groups excluding tert-OH is 2. The van der Waals surface area contributed by atoms with E-state index in [0.717, 1.165) is 19.3 Å². The van der Waals surface area contributed by atoms with E-state index in [9.17, 15) is 5.11 Å². The van der Waals surface area contributed by atoms with Crippen molar-refractivity contribution >= 4 is 0 Å². The Morgan fingerprint density at radius 2 is 1.89 bits per heavy atom. The predicted molar refractivity (Wildman–Crippen MR) is 75.7 cm³/mol. The summed E-state index contributed by atoms with van der Waals surface area (Å²) < 4.78 is 0. The van der Waals surface area contributed by atoms with Crippen LogP contribution in [-0.4, -0.2) is 47.0 Å². The zero-order valence-electron chi connectivity index (χ0n) is 12.0. The van der Waals surface area contributed by atoms with Gasteiger partial charge in [-0.1, -0.05) is 25.7 Å². The molecule has 3 heteroatoms. The number of rotatable bonds is 8. The van der Waals surface area contributed by atoms with E-state index in [2.05, 4.69) is 4.90 Å². The van der Waals surface area contributed by atoms with Gasteiger partial charge >= 0.3 is 0 Å². The van der Waals surface area contributed by atoms with Gasteiger partial charge in [0, 0.05) is 12.6 Å². The van der Waals surface area contributed by atoms with Crippen molar-refractivity contribution in [3.63, 3.8) is 0 Å². The summed E-state index contributed by atoms with van der Waals surface area (Å²) in [6, 6.07) is 0.588. The maximum absolute atomic E-state index is 9.60. The molecular formula is C15H31NO2. The topological polar surface area (TPSA) is 43.7 Å². The largest absolute Gasteiger partial charge is 0.396 e. The van der Waals surface area contributed by atoms with Crippen LogP contribution in [0.5, 0.6) is 0 Å². The molecule has 3 nitrogen and oxygen atoms in total. The van der Waals surface area contributed by atoms with Crippen molar-refractivity contribution in [3.05, 3.63) is 0 Å². The number of likely N-dealkylation sites (tertiary alicyclic amines) is 1. The average molecular weight is 257 g/mol. The third-order valence-electron chi connectivity index (χ3n) is 3.97. The van der Waals surface area contributed by atoms with E-state index in [1.54, 1.807) is 0 Å². The van der Waals surface area contributed by atoms with Crippen molar-refractivity contribution in [1.82, 2.24) is 4.90 Å². The van der Waals surface area contributed by atoms with E-state index in [1.807, 2.05) is 6.92 Å². The van der Waals surface area contributed by atoms with E-state index in [1.165, 1.54) is 51.6 Å². The molecule has 0 saturated carbocycles. The molecule has 0 amide bonds. The van der Waals surface area contributed by atoms with Gasteiger partial charge in [0.2, 0.25) is 0 Å². The van der Waals surface area contributed by atoms with Crippen LogP contribution in [-0.2, 0) is 0 Å². The highest BCUT2D eigenvalue weighted by Gasteiger charge is 2.21. The molecule has 1 aliphatic rings. The van der Waals surface area contributed by atoms with Crippen LogP contribution in [0.15, 0.2) is 0 Å². The quantitative estimate of drug-likeness (QED) is 0.657. The molecule has 1 fully saturated rings. The lowest BCUT2D eigenvalue weighted by Gasteiger charge is -2.30. The van der Waals surface area contributed by atoms with Crippen LogP contribution in [0.2, 0.25) is 0 Å². The van der Waals surface area contributed by atoms with Gasteiger partial charge in [0.25, 0.3) is 0 Å². The Morgan fingerprint density at radius 1 is 1.11 bits per heavy atom. The summed E-state index contributed by atoms with van der Waals surface area (Å²) in [6.45, 7) is 4.61. The molecule has 0 aliphatic carbocycles. The summed E-state index contributed by atoms with van der Waals surface area (Å²) in [5.74, 6) is 0. The molecule has 1 aliphatic heterocycles. The zero-order valence-corrected chi connectivity index (χ0v) is 12.0. The molecule has 2 N–H and O–H groups in total. The summed E-state index contributed by atoms with van der Waals surface area (Å²) in [4.78, 5) is 2.60. The van der Waals surface area contributed by atoms with Crippen LogP contribution >= 0.6 is 0 Å². The van der Waals surface area contributed by atoms with Crippen molar-refractivity contribution in [2.45, 2.75) is 76.9 Å². The Kier molecular flexibility index (Phi) is 8.64. The fourth-order valence-electron chi connectivity index (χ4n) is 2.97. The van der Waals surface area contributed by atoms with Gasteiger partial charge in [-0.2, -0.15) is 0 Å². The minimum Gasteiger partial charge on any atom is -0.396 e. The minimum atomic E-state index is -0.176. The highest BCUT2D eigenvalue weighted by Crippen LogP contribution is 2.21. The molecule has 18 heavy (non-hydrogen) atoms. The lowest BCUT2D eigenvalue weighted by atomic mass is 10.0. The lowest BCUT2D eigenvalue weighted by molar-refractivity contribution is 0.111. The van der Waals surface area contributed by atoms with Gasteiger partial charge in [0.15, 0.2) is 0 Å². The van der Waals surface area contributed by atoms with Gasteiger partial charge < -0.3 is 15.1 Å². The van der Waals surface area contributed by atoms with E-state index >= 15 is 0 Å². The SMILES string of the molecule is CC(O)CC1CCCCCN1CCCCCCO. The van der Waals surface area contributed by atoms with E-state index in [-0.39, 0.29) is 6.10 Å². The maximum atomic E-state index is 9.60. The number of hydrogen-bond donors (Lipinski definition) is 2. The molecular weight excluding hydrogens is 226 g/mol. The van der Waals surface area contributed by atoms with Gasteiger partial charge in [-0.25, -0.2) is 0 Å². The maximum Gasteiger partial charge on any atom is 0.0527 e. The van der Waals surface area contributed by atoms with Crippen LogP contribution in [0.4, 0.5) is 0 Å². The summed E-state index contributed by atoms with van der Waals surface area (Å²) in [5, 5.41) is 18.4. The zero-order chi connectivity index (χ0) is 13.2. The molecule has 108 valence electrons. The van der Waals surface area contributed by atoms with Gasteiger partial charge in [0.1, 0.15) is 0 Å². The Balaban J connectivity index is 2.27. The second-order valence-electron chi connectivity index (χ2n) is 5.76. The number of nitrogens with zero attached hydrogens (tertiary/aromatic N) is 1. The van der Waals surface area contributed by atoms with Crippen molar-refractivity contribution in [2.75, 3.05) is 19.7 Å². The normalized spacial score (nSPS) is 23.8. The minimum absolute atomic E-state index is 0.176. The molecule has 0 aromatic carbocycles. The Labute approximate surface area is 112 Å². The second-order valence-corrected chi connectivity index (χ2v) is 5.76. The van der Waals surface area contributed by atoms with Crippen molar-refractivity contribution in [3.8, 4) is 0 Å². The van der Waals surface area contributed by atoms with E-state index in [0.29, 0.717) is 12.6 Å². The van der Waals surface area contributed by atoms with Crippen LogP contribution in [0, 0.1) is 0 Å². The number of unbranched alkanes of at least 4 members (excludes halogenated alkanes) is 3. The first-order chi connectivity index (χ1) is 8.74. The molecule has 0 aromatic rings. The first-order valence-electron chi connectivity index (χ1n) is 7.77. The fraction of sp³-hybridized carbons (Fsp3) is 1.00. The van der Waals surface area contributed by atoms with Gasteiger partial charge in [-0.05, 0) is 52.1 Å². The van der Waals surface area contributed by atoms with Crippen molar-refractivity contribution in [1.29, 1.82) is 0 Å². The summed E-state index contributed by atoms with van der Waals surface area (Å²) >= 11 is 0.